The number of unbranched alkanes of at least 4 members (excludes halogenated alkanes) is 1. The summed E-state index contributed by atoms with van der Waals surface area (Å²) in [6.07, 6.45) is 2.86. The van der Waals surface area contributed by atoms with E-state index < -0.39 is 0 Å². The van der Waals surface area contributed by atoms with Crippen LogP contribution in [0.4, 0.5) is 0 Å². The van der Waals surface area contributed by atoms with Gasteiger partial charge in [-0.2, -0.15) is 11.8 Å². The van der Waals surface area contributed by atoms with E-state index in [2.05, 4.69) is 11.7 Å². The summed E-state index contributed by atoms with van der Waals surface area (Å²) in [4.78, 5) is 25.2. The quantitative estimate of drug-likeness (QED) is 0.705. The fourth-order valence-electron chi connectivity index (χ4n) is 1.90. The number of carbonyl (C=O) groups excluding carboxylic acids is 2. The highest BCUT2D eigenvalue weighted by Gasteiger charge is 2.28. The normalized spacial score (nSPS) is 20.1. The molecule has 0 aliphatic carbocycles. The van der Waals surface area contributed by atoms with Crippen molar-refractivity contribution in [3.8, 4) is 0 Å². The molecule has 1 atom stereocenters. The lowest BCUT2D eigenvalue weighted by molar-refractivity contribution is -0.143. The summed E-state index contributed by atoms with van der Waals surface area (Å²) < 4.78 is 4.68. The maximum Gasteiger partial charge on any atom is 0.307 e. The SMILES string of the molecule is CCCCC(=O)N1CCSC[C@@H]1CC(=O)OC. The molecule has 17 heavy (non-hydrogen) atoms. The highest BCUT2D eigenvalue weighted by molar-refractivity contribution is 7.99. The molecule has 0 aromatic rings. The van der Waals surface area contributed by atoms with E-state index in [4.69, 9.17) is 0 Å². The molecule has 1 heterocycles. The molecule has 4 nitrogen and oxygen atoms in total. The molecule has 1 aliphatic heterocycles. The highest BCUT2D eigenvalue weighted by atomic mass is 32.2. The third-order valence-corrected chi connectivity index (χ3v) is 4.01. The summed E-state index contributed by atoms with van der Waals surface area (Å²) in [5.41, 5.74) is 0. The molecule has 1 saturated heterocycles. The van der Waals surface area contributed by atoms with Gasteiger partial charge in [0.2, 0.25) is 5.91 Å². The van der Waals surface area contributed by atoms with Crippen molar-refractivity contribution in [1.29, 1.82) is 0 Å². The first-order chi connectivity index (χ1) is 8.19. The van der Waals surface area contributed by atoms with Crippen molar-refractivity contribution in [2.75, 3.05) is 25.2 Å². The van der Waals surface area contributed by atoms with E-state index in [0.29, 0.717) is 12.8 Å². The van der Waals surface area contributed by atoms with E-state index in [-0.39, 0.29) is 17.9 Å². The predicted octanol–water partition coefficient (Wildman–Crippen LogP) is 1.68. The first-order valence-electron chi connectivity index (χ1n) is 6.13. The first-order valence-corrected chi connectivity index (χ1v) is 7.28. The predicted molar refractivity (Wildman–Crippen MR) is 69.0 cm³/mol. The van der Waals surface area contributed by atoms with Crippen LogP contribution in [0.1, 0.15) is 32.6 Å². The number of amides is 1. The van der Waals surface area contributed by atoms with Gasteiger partial charge in [0.25, 0.3) is 0 Å². The molecular formula is C12H21NO3S. The third-order valence-electron chi connectivity index (χ3n) is 2.92. The second-order valence-electron chi connectivity index (χ2n) is 4.20. The Morgan fingerprint density at radius 3 is 2.88 bits per heavy atom. The third kappa shape index (κ3) is 4.58. The molecule has 1 aliphatic rings. The Hall–Kier alpha value is -0.710. The van der Waals surface area contributed by atoms with Gasteiger partial charge in [-0.25, -0.2) is 0 Å². The second-order valence-corrected chi connectivity index (χ2v) is 5.35. The van der Waals surface area contributed by atoms with Crippen LogP contribution in [0.15, 0.2) is 0 Å². The molecule has 0 unspecified atom stereocenters. The van der Waals surface area contributed by atoms with Gasteiger partial charge < -0.3 is 9.64 Å². The van der Waals surface area contributed by atoms with Crippen LogP contribution in [0.2, 0.25) is 0 Å². The van der Waals surface area contributed by atoms with Crippen molar-refractivity contribution in [1.82, 2.24) is 4.90 Å². The van der Waals surface area contributed by atoms with Crippen molar-refractivity contribution in [2.24, 2.45) is 0 Å². The number of methoxy groups -OCH3 is 1. The van der Waals surface area contributed by atoms with Crippen molar-refractivity contribution in [3.63, 3.8) is 0 Å². The van der Waals surface area contributed by atoms with Crippen LogP contribution in [0, 0.1) is 0 Å². The van der Waals surface area contributed by atoms with E-state index in [1.54, 1.807) is 11.8 Å². The average molecular weight is 259 g/mol. The lowest BCUT2D eigenvalue weighted by atomic mass is 10.1. The number of hydrogen-bond donors (Lipinski definition) is 0. The molecule has 0 bridgehead atoms. The molecular weight excluding hydrogens is 238 g/mol. The fourth-order valence-corrected chi connectivity index (χ4v) is 2.96. The van der Waals surface area contributed by atoms with Gasteiger partial charge in [0.05, 0.1) is 19.6 Å². The van der Waals surface area contributed by atoms with Gasteiger partial charge in [0, 0.05) is 24.5 Å². The number of rotatable bonds is 5. The van der Waals surface area contributed by atoms with Gasteiger partial charge in [0.15, 0.2) is 0 Å². The molecule has 1 amide bonds. The Morgan fingerprint density at radius 1 is 1.47 bits per heavy atom. The number of thioether (sulfide) groups is 1. The van der Waals surface area contributed by atoms with E-state index in [0.717, 1.165) is 30.9 Å². The summed E-state index contributed by atoms with van der Waals surface area (Å²) in [5.74, 6) is 1.76. The van der Waals surface area contributed by atoms with Gasteiger partial charge in [0.1, 0.15) is 0 Å². The van der Waals surface area contributed by atoms with Gasteiger partial charge >= 0.3 is 5.97 Å². The highest BCUT2D eigenvalue weighted by Crippen LogP contribution is 2.20. The van der Waals surface area contributed by atoms with Gasteiger partial charge in [-0.1, -0.05) is 13.3 Å². The summed E-state index contributed by atoms with van der Waals surface area (Å²) in [6, 6.07) is 0.0190. The molecule has 0 radical (unpaired) electrons. The Kier molecular flexibility index (Phi) is 6.40. The van der Waals surface area contributed by atoms with Crippen LogP contribution >= 0.6 is 11.8 Å². The lowest BCUT2D eigenvalue weighted by Gasteiger charge is -2.35. The van der Waals surface area contributed by atoms with Gasteiger partial charge in [-0.05, 0) is 6.42 Å². The van der Waals surface area contributed by atoms with Crippen molar-refractivity contribution < 1.29 is 14.3 Å². The number of carbonyl (C=O) groups is 2. The molecule has 0 aromatic heterocycles. The van der Waals surface area contributed by atoms with E-state index in [9.17, 15) is 9.59 Å². The molecule has 1 fully saturated rings. The van der Waals surface area contributed by atoms with Crippen LogP contribution in [0.3, 0.4) is 0 Å². The first kappa shape index (κ1) is 14.4. The minimum absolute atomic E-state index is 0.0190. The van der Waals surface area contributed by atoms with Crippen LogP contribution < -0.4 is 0 Å². The smallest absolute Gasteiger partial charge is 0.307 e. The van der Waals surface area contributed by atoms with Crippen molar-refractivity contribution in [3.05, 3.63) is 0 Å². The molecule has 0 spiro atoms. The topological polar surface area (TPSA) is 46.6 Å². The fraction of sp³-hybridized carbons (Fsp3) is 0.833. The second kappa shape index (κ2) is 7.58. The van der Waals surface area contributed by atoms with Crippen LogP contribution in [-0.2, 0) is 14.3 Å². The van der Waals surface area contributed by atoms with Crippen molar-refractivity contribution in [2.45, 2.75) is 38.6 Å². The standard InChI is InChI=1S/C12H21NO3S/c1-3-4-5-11(14)13-6-7-17-9-10(13)8-12(15)16-2/h10H,3-9H2,1-2H3/t10-/m0/s1. The maximum atomic E-state index is 12.0. The van der Waals surface area contributed by atoms with E-state index in [1.807, 2.05) is 4.90 Å². The zero-order valence-corrected chi connectivity index (χ0v) is 11.4. The Morgan fingerprint density at radius 2 is 2.24 bits per heavy atom. The van der Waals surface area contributed by atoms with Crippen LogP contribution in [0.5, 0.6) is 0 Å². The molecule has 1 rings (SSSR count). The van der Waals surface area contributed by atoms with E-state index in [1.165, 1.54) is 7.11 Å². The number of esters is 1. The van der Waals surface area contributed by atoms with Gasteiger partial charge in [-0.3, -0.25) is 9.59 Å². The molecule has 0 N–H and O–H groups in total. The summed E-state index contributed by atoms with van der Waals surface area (Å²) in [6.45, 7) is 2.83. The summed E-state index contributed by atoms with van der Waals surface area (Å²) in [5, 5.41) is 0. The molecule has 98 valence electrons. The number of nitrogens with zero attached hydrogens (tertiary/aromatic N) is 1. The minimum atomic E-state index is -0.231. The Balaban J connectivity index is 2.52. The van der Waals surface area contributed by atoms with Crippen LogP contribution in [0.25, 0.3) is 0 Å². The monoisotopic (exact) mass is 259 g/mol. The van der Waals surface area contributed by atoms with Crippen molar-refractivity contribution >= 4 is 23.6 Å². The Labute approximate surface area is 107 Å². The minimum Gasteiger partial charge on any atom is -0.469 e. The lowest BCUT2D eigenvalue weighted by Crippen LogP contribution is -2.47. The molecule has 5 heteroatoms. The molecule has 0 aromatic carbocycles. The maximum absolute atomic E-state index is 12.0. The summed E-state index contributed by atoms with van der Waals surface area (Å²) >= 11 is 1.80. The zero-order chi connectivity index (χ0) is 12.7. The largest absolute Gasteiger partial charge is 0.469 e. The Bertz CT molecular complexity index is 270. The number of ether oxygens (including phenoxy) is 1. The van der Waals surface area contributed by atoms with E-state index >= 15 is 0 Å². The summed E-state index contributed by atoms with van der Waals surface area (Å²) in [7, 11) is 1.39. The average Bonchev–Trinajstić information content (AvgIpc) is 2.36. The zero-order valence-electron chi connectivity index (χ0n) is 10.6. The van der Waals surface area contributed by atoms with Crippen LogP contribution in [-0.4, -0.2) is 48.0 Å². The van der Waals surface area contributed by atoms with Gasteiger partial charge in [-0.15, -0.1) is 0 Å². The number of hydrogen-bond acceptors (Lipinski definition) is 4. The molecule has 0 saturated carbocycles.